The first-order chi connectivity index (χ1) is 5.11. The van der Waals surface area contributed by atoms with Crippen molar-refractivity contribution < 1.29 is 9.59 Å². The summed E-state index contributed by atoms with van der Waals surface area (Å²) >= 11 is 0. The summed E-state index contributed by atoms with van der Waals surface area (Å²) in [6, 6.07) is -0.688. The number of Topliss-reactive ketones (excluding diaryl/α,β-unsaturated/α-hetero) is 1. The molecule has 0 saturated heterocycles. The van der Waals surface area contributed by atoms with E-state index in [1.165, 1.54) is 7.05 Å². The maximum atomic E-state index is 10.8. The van der Waals surface area contributed by atoms with Gasteiger partial charge in [0.2, 0.25) is 5.91 Å². The Bertz CT molecular complexity index is 157. The number of hydrogen-bond acceptors (Lipinski definition) is 3. The second kappa shape index (κ2) is 4.85. The molecule has 4 heteroatoms. The second-order valence-corrected chi connectivity index (χ2v) is 2.32. The van der Waals surface area contributed by atoms with Crippen molar-refractivity contribution in [3.05, 3.63) is 0 Å². The van der Waals surface area contributed by atoms with E-state index in [2.05, 4.69) is 5.32 Å². The highest BCUT2D eigenvalue weighted by atomic mass is 16.2. The molecule has 11 heavy (non-hydrogen) atoms. The number of hydrogen-bond donors (Lipinski definition) is 2. The summed E-state index contributed by atoms with van der Waals surface area (Å²) < 4.78 is 0. The van der Waals surface area contributed by atoms with Crippen molar-refractivity contribution in [3.63, 3.8) is 0 Å². The van der Waals surface area contributed by atoms with E-state index in [1.54, 1.807) is 6.92 Å². The van der Waals surface area contributed by atoms with Crippen LogP contribution in [0.2, 0.25) is 0 Å². The first-order valence-corrected chi connectivity index (χ1v) is 3.60. The summed E-state index contributed by atoms with van der Waals surface area (Å²) in [4.78, 5) is 21.6. The third-order valence-electron chi connectivity index (χ3n) is 1.43. The molecule has 0 aliphatic rings. The Morgan fingerprint density at radius 3 is 2.45 bits per heavy atom. The van der Waals surface area contributed by atoms with Gasteiger partial charge in [-0.1, -0.05) is 6.92 Å². The number of likely N-dealkylation sites (N-methyl/N-ethyl adjacent to an activating group) is 1. The average molecular weight is 158 g/mol. The molecule has 1 atom stereocenters. The van der Waals surface area contributed by atoms with Crippen molar-refractivity contribution in [1.82, 2.24) is 5.32 Å². The number of rotatable bonds is 4. The van der Waals surface area contributed by atoms with E-state index in [0.29, 0.717) is 6.42 Å². The smallest absolute Gasteiger partial charge is 0.237 e. The van der Waals surface area contributed by atoms with Crippen LogP contribution in [0, 0.1) is 0 Å². The molecular weight excluding hydrogens is 144 g/mol. The van der Waals surface area contributed by atoms with E-state index in [9.17, 15) is 9.59 Å². The molecule has 0 heterocycles. The van der Waals surface area contributed by atoms with Crippen molar-refractivity contribution >= 4 is 11.7 Å². The third-order valence-corrected chi connectivity index (χ3v) is 1.43. The van der Waals surface area contributed by atoms with Gasteiger partial charge in [0.05, 0.1) is 6.04 Å². The number of amides is 1. The highest BCUT2D eigenvalue weighted by Gasteiger charge is 2.14. The minimum atomic E-state index is -0.688. The molecule has 0 bridgehead atoms. The van der Waals surface area contributed by atoms with Gasteiger partial charge < -0.3 is 11.1 Å². The van der Waals surface area contributed by atoms with Crippen LogP contribution in [-0.4, -0.2) is 24.8 Å². The minimum absolute atomic E-state index is 0.0149. The fourth-order valence-electron chi connectivity index (χ4n) is 0.668. The molecule has 0 aliphatic carbocycles. The van der Waals surface area contributed by atoms with E-state index >= 15 is 0 Å². The van der Waals surface area contributed by atoms with Gasteiger partial charge in [-0.2, -0.15) is 0 Å². The number of carbonyl (C=O) groups is 2. The van der Waals surface area contributed by atoms with Crippen LogP contribution in [0.4, 0.5) is 0 Å². The molecule has 0 saturated carbocycles. The Balaban J connectivity index is 3.77. The lowest BCUT2D eigenvalue weighted by molar-refractivity contribution is -0.126. The lowest BCUT2D eigenvalue weighted by Gasteiger charge is -2.07. The van der Waals surface area contributed by atoms with Gasteiger partial charge in [-0.15, -0.1) is 0 Å². The van der Waals surface area contributed by atoms with E-state index in [-0.39, 0.29) is 18.1 Å². The van der Waals surface area contributed by atoms with Crippen LogP contribution in [-0.2, 0) is 9.59 Å². The third kappa shape index (κ3) is 3.72. The molecule has 4 nitrogen and oxygen atoms in total. The van der Waals surface area contributed by atoms with Crippen LogP contribution in [0.1, 0.15) is 19.8 Å². The number of nitrogens with two attached hydrogens (primary N) is 1. The lowest BCUT2D eigenvalue weighted by Crippen LogP contribution is -2.40. The summed E-state index contributed by atoms with van der Waals surface area (Å²) in [5.41, 5.74) is 5.37. The first-order valence-electron chi connectivity index (χ1n) is 3.60. The summed E-state index contributed by atoms with van der Waals surface area (Å²) in [7, 11) is 1.50. The van der Waals surface area contributed by atoms with E-state index < -0.39 is 6.04 Å². The van der Waals surface area contributed by atoms with Gasteiger partial charge >= 0.3 is 0 Å². The highest BCUT2D eigenvalue weighted by Crippen LogP contribution is 1.93. The Hall–Kier alpha value is -0.900. The van der Waals surface area contributed by atoms with Crippen molar-refractivity contribution in [2.75, 3.05) is 7.05 Å². The zero-order valence-electron chi connectivity index (χ0n) is 6.89. The number of carbonyl (C=O) groups excluding carboxylic acids is 2. The van der Waals surface area contributed by atoms with Crippen molar-refractivity contribution in [3.8, 4) is 0 Å². The molecule has 64 valence electrons. The first kappa shape index (κ1) is 10.1. The molecule has 0 aromatic rings. The van der Waals surface area contributed by atoms with Crippen molar-refractivity contribution in [1.29, 1.82) is 0 Å². The Labute approximate surface area is 66.1 Å². The summed E-state index contributed by atoms with van der Waals surface area (Å²) in [5, 5.41) is 2.38. The predicted molar refractivity (Wildman–Crippen MR) is 42.0 cm³/mol. The van der Waals surface area contributed by atoms with Gasteiger partial charge in [0, 0.05) is 19.9 Å². The molecule has 0 aromatic carbocycles. The van der Waals surface area contributed by atoms with Crippen LogP contribution in [0.25, 0.3) is 0 Å². The van der Waals surface area contributed by atoms with Crippen molar-refractivity contribution in [2.24, 2.45) is 5.73 Å². The molecule has 0 rings (SSSR count). The molecule has 0 radical (unpaired) electrons. The highest BCUT2D eigenvalue weighted by molar-refractivity contribution is 5.88. The number of ketones is 1. The Kier molecular flexibility index (Phi) is 4.45. The van der Waals surface area contributed by atoms with E-state index in [1.807, 2.05) is 0 Å². The van der Waals surface area contributed by atoms with Crippen LogP contribution < -0.4 is 11.1 Å². The van der Waals surface area contributed by atoms with Crippen LogP contribution in [0.3, 0.4) is 0 Å². The average Bonchev–Trinajstić information content (AvgIpc) is 2.02. The van der Waals surface area contributed by atoms with Gasteiger partial charge in [-0.05, 0) is 0 Å². The second-order valence-electron chi connectivity index (χ2n) is 2.32. The maximum absolute atomic E-state index is 10.8. The zero-order chi connectivity index (χ0) is 8.85. The van der Waals surface area contributed by atoms with E-state index in [0.717, 1.165) is 0 Å². The van der Waals surface area contributed by atoms with Gasteiger partial charge in [0.25, 0.3) is 0 Å². The Morgan fingerprint density at radius 1 is 1.55 bits per heavy atom. The van der Waals surface area contributed by atoms with Gasteiger partial charge in [-0.25, -0.2) is 0 Å². The molecule has 0 spiro atoms. The Morgan fingerprint density at radius 2 is 2.09 bits per heavy atom. The monoisotopic (exact) mass is 158 g/mol. The van der Waals surface area contributed by atoms with Crippen LogP contribution in [0.5, 0.6) is 0 Å². The predicted octanol–water partition coefficient (Wildman–Crippen LogP) is -0.571. The van der Waals surface area contributed by atoms with Crippen LogP contribution >= 0.6 is 0 Å². The normalized spacial score (nSPS) is 12.3. The molecule has 0 unspecified atom stereocenters. The molecule has 0 fully saturated rings. The fourth-order valence-corrected chi connectivity index (χ4v) is 0.668. The molecule has 3 N–H and O–H groups in total. The quantitative estimate of drug-likeness (QED) is 0.575. The molecule has 0 aliphatic heterocycles. The molecular formula is C7H14N2O2. The summed E-state index contributed by atoms with van der Waals surface area (Å²) in [5.74, 6) is -0.270. The van der Waals surface area contributed by atoms with Crippen LogP contribution in [0.15, 0.2) is 0 Å². The van der Waals surface area contributed by atoms with Gasteiger partial charge in [0.15, 0.2) is 0 Å². The summed E-state index contributed by atoms with van der Waals surface area (Å²) in [6.07, 6.45) is 0.570. The maximum Gasteiger partial charge on any atom is 0.237 e. The standard InChI is InChI=1S/C7H14N2O2/c1-3-5(10)4-6(8)7(11)9-2/h6H,3-4,8H2,1-2H3,(H,9,11)/t6-/m0/s1. The topological polar surface area (TPSA) is 72.2 Å². The molecule has 0 aromatic heterocycles. The summed E-state index contributed by atoms with van der Waals surface area (Å²) in [6.45, 7) is 1.75. The molecule has 1 amide bonds. The number of nitrogens with one attached hydrogen (secondary N) is 1. The SMILES string of the molecule is CCC(=O)C[C@H](N)C(=O)NC. The van der Waals surface area contributed by atoms with E-state index in [4.69, 9.17) is 5.73 Å². The van der Waals surface area contributed by atoms with Crippen molar-refractivity contribution in [2.45, 2.75) is 25.8 Å². The largest absolute Gasteiger partial charge is 0.358 e. The minimum Gasteiger partial charge on any atom is -0.358 e. The fraction of sp³-hybridized carbons (Fsp3) is 0.714. The van der Waals surface area contributed by atoms with Gasteiger partial charge in [0.1, 0.15) is 5.78 Å². The van der Waals surface area contributed by atoms with Gasteiger partial charge in [-0.3, -0.25) is 9.59 Å². The lowest BCUT2D eigenvalue weighted by atomic mass is 10.1. The zero-order valence-corrected chi connectivity index (χ0v) is 6.89.